The Bertz CT molecular complexity index is 464. The molecule has 2 N–H and O–H groups in total. The van der Waals surface area contributed by atoms with Crippen LogP contribution in [-0.4, -0.2) is 31.1 Å². The van der Waals surface area contributed by atoms with Crippen molar-refractivity contribution in [3.05, 3.63) is 28.3 Å². The van der Waals surface area contributed by atoms with E-state index in [1.165, 1.54) is 17.5 Å². The van der Waals surface area contributed by atoms with E-state index in [1.54, 1.807) is 0 Å². The molecule has 104 valence electrons. The lowest BCUT2D eigenvalue weighted by Gasteiger charge is -2.18. The van der Waals surface area contributed by atoms with Gasteiger partial charge in [-0.15, -0.1) is 0 Å². The SMILES string of the molecule is NCCC1CCN(Cc2cc(Cl)cc3c2OCC3)C1. The minimum atomic E-state index is 0.762. The van der Waals surface area contributed by atoms with E-state index in [1.807, 2.05) is 6.07 Å². The molecule has 1 saturated heterocycles. The van der Waals surface area contributed by atoms with Gasteiger partial charge in [0.1, 0.15) is 5.75 Å². The lowest BCUT2D eigenvalue weighted by atomic mass is 10.1. The molecule has 0 aromatic heterocycles. The van der Waals surface area contributed by atoms with E-state index in [2.05, 4.69) is 11.0 Å². The van der Waals surface area contributed by atoms with Gasteiger partial charge in [0, 0.05) is 30.1 Å². The second-order valence-corrected chi connectivity index (χ2v) is 6.06. The van der Waals surface area contributed by atoms with Crippen molar-refractivity contribution < 1.29 is 4.74 Å². The van der Waals surface area contributed by atoms with E-state index in [0.717, 1.165) is 62.3 Å². The highest BCUT2D eigenvalue weighted by Crippen LogP contribution is 2.34. The Morgan fingerprint density at radius 3 is 3.16 bits per heavy atom. The molecule has 3 rings (SSSR count). The van der Waals surface area contributed by atoms with Gasteiger partial charge in [-0.25, -0.2) is 0 Å². The summed E-state index contributed by atoms with van der Waals surface area (Å²) in [5, 5.41) is 0.831. The summed E-state index contributed by atoms with van der Waals surface area (Å²) in [6.07, 6.45) is 3.39. The summed E-state index contributed by atoms with van der Waals surface area (Å²) in [5.41, 5.74) is 8.15. The van der Waals surface area contributed by atoms with E-state index in [-0.39, 0.29) is 0 Å². The van der Waals surface area contributed by atoms with Gasteiger partial charge in [0.15, 0.2) is 0 Å². The van der Waals surface area contributed by atoms with Gasteiger partial charge in [-0.05, 0) is 49.5 Å². The summed E-state index contributed by atoms with van der Waals surface area (Å²) >= 11 is 6.20. The maximum Gasteiger partial charge on any atom is 0.127 e. The minimum Gasteiger partial charge on any atom is -0.493 e. The van der Waals surface area contributed by atoms with Gasteiger partial charge >= 0.3 is 0 Å². The zero-order valence-corrected chi connectivity index (χ0v) is 12.0. The fraction of sp³-hybridized carbons (Fsp3) is 0.600. The van der Waals surface area contributed by atoms with Crippen LogP contribution in [0.1, 0.15) is 24.0 Å². The molecule has 1 unspecified atom stereocenters. The van der Waals surface area contributed by atoms with Crippen LogP contribution in [0.2, 0.25) is 5.02 Å². The number of hydrogen-bond acceptors (Lipinski definition) is 3. The molecule has 2 heterocycles. The van der Waals surface area contributed by atoms with Crippen molar-refractivity contribution in [2.75, 3.05) is 26.2 Å². The van der Waals surface area contributed by atoms with E-state index >= 15 is 0 Å². The lowest BCUT2D eigenvalue weighted by Crippen LogP contribution is -2.21. The summed E-state index contributed by atoms with van der Waals surface area (Å²) in [7, 11) is 0. The molecule has 1 aromatic carbocycles. The second kappa shape index (κ2) is 5.70. The zero-order valence-electron chi connectivity index (χ0n) is 11.2. The second-order valence-electron chi connectivity index (χ2n) is 5.62. The van der Waals surface area contributed by atoms with Gasteiger partial charge in [0.05, 0.1) is 6.61 Å². The largest absolute Gasteiger partial charge is 0.493 e. The first-order valence-electron chi connectivity index (χ1n) is 7.13. The van der Waals surface area contributed by atoms with Crippen LogP contribution >= 0.6 is 11.6 Å². The van der Waals surface area contributed by atoms with Crippen LogP contribution in [0, 0.1) is 5.92 Å². The highest BCUT2D eigenvalue weighted by molar-refractivity contribution is 6.30. The molecule has 1 fully saturated rings. The van der Waals surface area contributed by atoms with Crippen LogP contribution in [-0.2, 0) is 13.0 Å². The van der Waals surface area contributed by atoms with Gasteiger partial charge in [-0.3, -0.25) is 4.90 Å². The maximum atomic E-state index is 6.20. The monoisotopic (exact) mass is 280 g/mol. The Hall–Kier alpha value is -0.770. The van der Waals surface area contributed by atoms with Crippen molar-refractivity contribution in [2.45, 2.75) is 25.8 Å². The average Bonchev–Trinajstić information content (AvgIpc) is 2.98. The fourth-order valence-electron chi connectivity index (χ4n) is 3.23. The Kier molecular flexibility index (Phi) is 3.96. The highest BCUT2D eigenvalue weighted by Gasteiger charge is 2.24. The van der Waals surface area contributed by atoms with Crippen LogP contribution in [0.5, 0.6) is 5.75 Å². The molecule has 1 atom stereocenters. The lowest BCUT2D eigenvalue weighted by molar-refractivity contribution is 0.301. The highest BCUT2D eigenvalue weighted by atomic mass is 35.5. The quantitative estimate of drug-likeness (QED) is 0.921. The number of hydrogen-bond donors (Lipinski definition) is 1. The number of halogens is 1. The Morgan fingerprint density at radius 2 is 2.32 bits per heavy atom. The zero-order chi connectivity index (χ0) is 13.2. The summed E-state index contributed by atoms with van der Waals surface area (Å²) in [5.74, 6) is 1.84. The van der Waals surface area contributed by atoms with Crippen LogP contribution in [0.4, 0.5) is 0 Å². The smallest absolute Gasteiger partial charge is 0.127 e. The Balaban J connectivity index is 1.71. The van der Waals surface area contributed by atoms with Gasteiger partial charge in [0.2, 0.25) is 0 Å². The Labute approximate surface area is 119 Å². The van der Waals surface area contributed by atoms with Gasteiger partial charge in [-0.2, -0.15) is 0 Å². The summed E-state index contributed by atoms with van der Waals surface area (Å²) in [6, 6.07) is 4.09. The van der Waals surface area contributed by atoms with E-state index < -0.39 is 0 Å². The summed E-state index contributed by atoms with van der Waals surface area (Å²) in [4.78, 5) is 2.49. The molecule has 2 aliphatic rings. The first-order valence-corrected chi connectivity index (χ1v) is 7.50. The normalized spacial score (nSPS) is 22.5. The molecule has 0 amide bonds. The first kappa shape index (κ1) is 13.2. The standard InChI is InChI=1S/C15H21ClN2O/c16-14-7-12-3-6-19-15(12)13(8-14)10-18-5-2-11(9-18)1-4-17/h7-8,11H,1-6,9-10,17H2. The van der Waals surface area contributed by atoms with Crippen molar-refractivity contribution >= 4 is 11.6 Å². The summed E-state index contributed by atoms with van der Waals surface area (Å²) < 4.78 is 5.76. The van der Waals surface area contributed by atoms with E-state index in [0.29, 0.717) is 0 Å². The van der Waals surface area contributed by atoms with Crippen LogP contribution in [0.3, 0.4) is 0 Å². The first-order chi connectivity index (χ1) is 9.26. The molecular weight excluding hydrogens is 260 g/mol. The molecule has 0 bridgehead atoms. The third-order valence-corrected chi connectivity index (χ3v) is 4.38. The van der Waals surface area contributed by atoms with Crippen LogP contribution in [0.15, 0.2) is 12.1 Å². The molecular formula is C15H21ClN2O. The Morgan fingerprint density at radius 1 is 1.42 bits per heavy atom. The van der Waals surface area contributed by atoms with Crippen molar-refractivity contribution in [1.29, 1.82) is 0 Å². The van der Waals surface area contributed by atoms with E-state index in [9.17, 15) is 0 Å². The number of nitrogens with zero attached hydrogens (tertiary/aromatic N) is 1. The van der Waals surface area contributed by atoms with Crippen LogP contribution < -0.4 is 10.5 Å². The number of rotatable bonds is 4. The van der Waals surface area contributed by atoms with Crippen molar-refractivity contribution in [2.24, 2.45) is 11.7 Å². The molecule has 0 radical (unpaired) electrons. The molecule has 1 aromatic rings. The van der Waals surface area contributed by atoms with Crippen molar-refractivity contribution in [3.63, 3.8) is 0 Å². The van der Waals surface area contributed by atoms with Gasteiger partial charge < -0.3 is 10.5 Å². The molecule has 0 saturated carbocycles. The van der Waals surface area contributed by atoms with E-state index in [4.69, 9.17) is 22.1 Å². The van der Waals surface area contributed by atoms with Gasteiger partial charge in [0.25, 0.3) is 0 Å². The van der Waals surface area contributed by atoms with Crippen LogP contribution in [0.25, 0.3) is 0 Å². The molecule has 2 aliphatic heterocycles. The number of ether oxygens (including phenoxy) is 1. The fourth-order valence-corrected chi connectivity index (χ4v) is 3.50. The number of nitrogens with two attached hydrogens (primary N) is 1. The van der Waals surface area contributed by atoms with Crippen molar-refractivity contribution in [1.82, 2.24) is 4.90 Å². The number of likely N-dealkylation sites (tertiary alicyclic amines) is 1. The maximum absolute atomic E-state index is 6.20. The number of fused-ring (bicyclic) bond motifs is 1. The van der Waals surface area contributed by atoms with Gasteiger partial charge in [-0.1, -0.05) is 11.6 Å². The predicted molar refractivity (Wildman–Crippen MR) is 77.7 cm³/mol. The molecule has 0 spiro atoms. The summed E-state index contributed by atoms with van der Waals surface area (Å²) in [6.45, 7) is 4.85. The number of benzene rings is 1. The topological polar surface area (TPSA) is 38.5 Å². The third kappa shape index (κ3) is 2.88. The van der Waals surface area contributed by atoms with Crippen molar-refractivity contribution in [3.8, 4) is 5.75 Å². The molecule has 4 heteroatoms. The molecule has 3 nitrogen and oxygen atoms in total. The molecule has 0 aliphatic carbocycles. The molecule has 19 heavy (non-hydrogen) atoms. The predicted octanol–water partition coefficient (Wildman–Crippen LogP) is 2.45. The third-order valence-electron chi connectivity index (χ3n) is 4.16. The average molecular weight is 281 g/mol. The minimum absolute atomic E-state index is 0.762.